The molecule has 12 heteroatoms. The minimum Gasteiger partial charge on any atom is -0.474 e. The first-order chi connectivity index (χ1) is 17.1. The van der Waals surface area contributed by atoms with Gasteiger partial charge in [-0.1, -0.05) is 34.1 Å². The van der Waals surface area contributed by atoms with E-state index in [0.717, 1.165) is 6.42 Å². The molecule has 194 valence electrons. The zero-order valence-corrected chi connectivity index (χ0v) is 22.0. The van der Waals surface area contributed by atoms with Crippen LogP contribution < -0.4 is 16.0 Å². The molecule has 0 spiro atoms. The van der Waals surface area contributed by atoms with Gasteiger partial charge in [0.2, 0.25) is 17.7 Å². The molecule has 11 nitrogen and oxygen atoms in total. The molecule has 2 aromatic rings. The van der Waals surface area contributed by atoms with Crippen molar-refractivity contribution in [2.45, 2.75) is 78.2 Å². The largest absolute Gasteiger partial charge is 0.474 e. The highest BCUT2D eigenvalue weighted by atomic mass is 32.1. The Labute approximate surface area is 213 Å². The Bertz CT molecular complexity index is 1170. The van der Waals surface area contributed by atoms with Crippen LogP contribution in [0.2, 0.25) is 0 Å². The van der Waals surface area contributed by atoms with E-state index >= 15 is 0 Å². The summed E-state index contributed by atoms with van der Waals surface area (Å²) in [7, 11) is 0. The molecule has 3 amide bonds. The molecule has 6 bridgehead atoms. The van der Waals surface area contributed by atoms with Crippen molar-refractivity contribution in [1.82, 2.24) is 25.9 Å². The van der Waals surface area contributed by atoms with Gasteiger partial charge in [-0.15, -0.1) is 11.3 Å². The third-order valence-corrected chi connectivity index (χ3v) is 7.44. The van der Waals surface area contributed by atoms with E-state index in [4.69, 9.17) is 9.15 Å². The van der Waals surface area contributed by atoms with Crippen molar-refractivity contribution in [3.8, 4) is 0 Å². The van der Waals surface area contributed by atoms with E-state index in [1.54, 1.807) is 19.2 Å². The molecule has 6 atom stereocenters. The van der Waals surface area contributed by atoms with Crippen LogP contribution in [-0.2, 0) is 9.53 Å². The molecular weight excluding hydrogens is 484 g/mol. The maximum atomic E-state index is 13.1. The third kappa shape index (κ3) is 5.13. The summed E-state index contributed by atoms with van der Waals surface area (Å²) >= 11 is 1.30. The summed E-state index contributed by atoms with van der Waals surface area (Å²) in [5, 5.41) is 11.1. The smallest absolute Gasteiger partial charge is 0.273 e. The molecule has 3 N–H and O–H groups in total. The standard InChI is InChI=1S/C24H32N6O5S/c1-7-11(4)17-24-27-15(9-36-24)20(32)25-12(5)22-30-18(13(6)35-22)21(33)28-16(10(2)3)23-26-14(8-34-23)19(31)29-17/h8-13,16-18H,7H2,1-6H3,(H,25,32)(H,28,33)(H,29,31). The summed E-state index contributed by atoms with van der Waals surface area (Å²) in [5.74, 6) is -0.694. The van der Waals surface area contributed by atoms with Crippen molar-refractivity contribution in [1.29, 1.82) is 0 Å². The van der Waals surface area contributed by atoms with Gasteiger partial charge >= 0.3 is 0 Å². The van der Waals surface area contributed by atoms with Gasteiger partial charge in [0.05, 0.1) is 6.04 Å². The van der Waals surface area contributed by atoms with Crippen molar-refractivity contribution < 1.29 is 23.5 Å². The van der Waals surface area contributed by atoms with Gasteiger partial charge in [0.1, 0.15) is 35.2 Å². The molecule has 2 aliphatic heterocycles. The lowest BCUT2D eigenvalue weighted by molar-refractivity contribution is -0.124. The van der Waals surface area contributed by atoms with Crippen LogP contribution in [0.4, 0.5) is 0 Å². The number of aromatic nitrogens is 2. The topological polar surface area (TPSA) is 148 Å². The maximum Gasteiger partial charge on any atom is 0.273 e. The van der Waals surface area contributed by atoms with E-state index in [1.165, 1.54) is 17.6 Å². The van der Waals surface area contributed by atoms with Gasteiger partial charge in [0, 0.05) is 5.38 Å². The number of amides is 3. The zero-order chi connectivity index (χ0) is 26.1. The summed E-state index contributed by atoms with van der Waals surface area (Å²) in [6.07, 6.45) is 1.54. The second kappa shape index (κ2) is 10.4. The van der Waals surface area contributed by atoms with Crippen LogP contribution in [0.25, 0.3) is 0 Å². The van der Waals surface area contributed by atoms with Gasteiger partial charge in [-0.05, 0) is 25.7 Å². The summed E-state index contributed by atoms with van der Waals surface area (Å²) in [4.78, 5) is 52.5. The lowest BCUT2D eigenvalue weighted by atomic mass is 9.99. The van der Waals surface area contributed by atoms with Gasteiger partial charge in [-0.25, -0.2) is 15.0 Å². The predicted molar refractivity (Wildman–Crippen MR) is 133 cm³/mol. The lowest BCUT2D eigenvalue weighted by Gasteiger charge is -2.22. The number of ether oxygens (including phenoxy) is 1. The molecule has 2 aromatic heterocycles. The molecule has 2 aliphatic rings. The van der Waals surface area contributed by atoms with Crippen molar-refractivity contribution in [2.75, 3.05) is 0 Å². The number of fused-ring (bicyclic) bond motifs is 5. The van der Waals surface area contributed by atoms with Crippen LogP contribution in [0, 0.1) is 11.8 Å². The molecule has 0 radical (unpaired) electrons. The van der Waals surface area contributed by atoms with Crippen LogP contribution >= 0.6 is 11.3 Å². The number of oxazole rings is 1. The highest BCUT2D eigenvalue weighted by Crippen LogP contribution is 2.29. The van der Waals surface area contributed by atoms with Crippen LogP contribution in [-0.4, -0.2) is 51.8 Å². The Morgan fingerprint density at radius 3 is 2.42 bits per heavy atom. The number of carbonyl (C=O) groups excluding carboxylic acids is 3. The summed E-state index contributed by atoms with van der Waals surface area (Å²) in [6.45, 7) is 11.3. The van der Waals surface area contributed by atoms with E-state index in [-0.39, 0.29) is 40.9 Å². The van der Waals surface area contributed by atoms with Crippen LogP contribution in [0.15, 0.2) is 21.1 Å². The molecule has 6 unspecified atom stereocenters. The Morgan fingerprint density at radius 1 is 1.00 bits per heavy atom. The molecule has 0 aliphatic carbocycles. The van der Waals surface area contributed by atoms with E-state index in [9.17, 15) is 14.4 Å². The molecule has 0 aromatic carbocycles. The highest BCUT2D eigenvalue weighted by Gasteiger charge is 2.38. The minimum atomic E-state index is -0.806. The molecule has 4 rings (SSSR count). The maximum absolute atomic E-state index is 13.1. The van der Waals surface area contributed by atoms with E-state index in [0.29, 0.717) is 5.01 Å². The first-order valence-corrected chi connectivity index (χ1v) is 13.0. The Kier molecular flexibility index (Phi) is 7.43. The number of hydrogen-bond donors (Lipinski definition) is 3. The molecule has 0 saturated heterocycles. The fraction of sp³-hybridized carbons (Fsp3) is 0.583. The summed E-state index contributed by atoms with van der Waals surface area (Å²) in [6, 6.07) is -2.37. The van der Waals surface area contributed by atoms with E-state index in [2.05, 4.69) is 30.9 Å². The second-order valence-corrected chi connectivity index (χ2v) is 10.5. The first kappa shape index (κ1) is 25.8. The number of carbonyl (C=O) groups is 3. The predicted octanol–water partition coefficient (Wildman–Crippen LogP) is 2.78. The molecule has 0 fully saturated rings. The number of thiazole rings is 1. The molecule has 4 heterocycles. The van der Waals surface area contributed by atoms with Gasteiger partial charge in [0.15, 0.2) is 11.7 Å². The summed E-state index contributed by atoms with van der Waals surface area (Å²) < 4.78 is 11.5. The van der Waals surface area contributed by atoms with Crippen LogP contribution in [0.1, 0.15) is 91.9 Å². The normalized spacial score (nSPS) is 27.8. The molecule has 36 heavy (non-hydrogen) atoms. The number of hydrogen-bond acceptors (Lipinski definition) is 9. The SMILES string of the molecule is CCC(C)C1NC(=O)c2coc(n2)C(C(C)C)NC(=O)C2N=C(OC2C)C(C)NC(=O)c2csc1n2. The van der Waals surface area contributed by atoms with Crippen molar-refractivity contribution in [3.05, 3.63) is 33.9 Å². The van der Waals surface area contributed by atoms with Crippen LogP contribution in [0.5, 0.6) is 0 Å². The third-order valence-electron chi connectivity index (χ3n) is 6.51. The lowest BCUT2D eigenvalue weighted by Crippen LogP contribution is -2.41. The molecule has 0 saturated carbocycles. The van der Waals surface area contributed by atoms with Gasteiger partial charge in [0.25, 0.3) is 11.8 Å². The highest BCUT2D eigenvalue weighted by molar-refractivity contribution is 7.09. The number of nitrogens with one attached hydrogen (secondary N) is 3. The van der Waals surface area contributed by atoms with Crippen molar-refractivity contribution in [2.24, 2.45) is 16.8 Å². The summed E-state index contributed by atoms with van der Waals surface area (Å²) in [5.41, 5.74) is 0.329. The Morgan fingerprint density at radius 2 is 1.72 bits per heavy atom. The number of nitrogens with zero attached hydrogens (tertiary/aromatic N) is 3. The second-order valence-electron chi connectivity index (χ2n) is 9.64. The van der Waals surface area contributed by atoms with Gasteiger partial charge in [-0.3, -0.25) is 14.4 Å². The zero-order valence-electron chi connectivity index (χ0n) is 21.2. The minimum absolute atomic E-state index is 0.0502. The quantitative estimate of drug-likeness (QED) is 0.568. The van der Waals surface area contributed by atoms with Crippen LogP contribution in [0.3, 0.4) is 0 Å². The van der Waals surface area contributed by atoms with E-state index in [1.807, 2.05) is 27.7 Å². The average molecular weight is 517 g/mol. The average Bonchev–Trinajstić information content (AvgIpc) is 3.59. The monoisotopic (exact) mass is 516 g/mol. The molecular formula is C24H32N6O5S. The van der Waals surface area contributed by atoms with Gasteiger partial charge < -0.3 is 25.1 Å². The number of aliphatic imine (C=N–C) groups is 1. The fourth-order valence-corrected chi connectivity index (χ4v) is 5.05. The number of rotatable bonds is 3. The Balaban J connectivity index is 1.74. The van der Waals surface area contributed by atoms with Gasteiger partial charge in [-0.2, -0.15) is 0 Å². The van der Waals surface area contributed by atoms with Crippen molar-refractivity contribution in [3.63, 3.8) is 0 Å². The van der Waals surface area contributed by atoms with E-state index < -0.39 is 42.1 Å². The first-order valence-electron chi connectivity index (χ1n) is 12.2. The Hall–Kier alpha value is -3.28. The fourth-order valence-electron chi connectivity index (χ4n) is 4.07. The van der Waals surface area contributed by atoms with Crippen molar-refractivity contribution >= 4 is 35.0 Å².